The van der Waals surface area contributed by atoms with Crippen LogP contribution in [0.25, 0.3) is 11.1 Å². The maximum Gasteiger partial charge on any atom is 0.126 e. The first kappa shape index (κ1) is 36.5. The summed E-state index contributed by atoms with van der Waals surface area (Å²) in [6.45, 7) is 13.3. The average molecular weight is 750 g/mol. The second kappa shape index (κ2) is 19.5. The maximum absolute atomic E-state index is 10.7. The number of hydrogen-bond acceptors (Lipinski definition) is 3. The minimum absolute atomic E-state index is 0. The molecule has 5 rings (SSSR count). The molecule has 0 bridgehead atoms. The van der Waals surface area contributed by atoms with Crippen LogP contribution in [0.3, 0.4) is 0 Å². The number of likely N-dealkylation sites (N-methyl/N-ethyl adjacent to an activating group) is 1. The van der Waals surface area contributed by atoms with Gasteiger partial charge in [-0.25, -0.2) is 0 Å². The van der Waals surface area contributed by atoms with Crippen molar-refractivity contribution < 1.29 is 36.1 Å². The largest absolute Gasteiger partial charge is 0.507 e. The summed E-state index contributed by atoms with van der Waals surface area (Å²) < 4.78 is 0. The van der Waals surface area contributed by atoms with Crippen LogP contribution in [-0.4, -0.2) is 35.3 Å². The molecule has 0 atom stereocenters. The van der Waals surface area contributed by atoms with E-state index in [0.717, 1.165) is 64.9 Å². The van der Waals surface area contributed by atoms with E-state index in [4.69, 9.17) is 0 Å². The predicted octanol–water partition coefficient (Wildman–Crippen LogP) is 9.34. The third kappa shape index (κ3) is 12.1. The van der Waals surface area contributed by atoms with Gasteiger partial charge >= 0.3 is 0 Å². The Hall–Kier alpha value is -3.73. The Labute approximate surface area is 284 Å². The molecule has 0 radical (unpaired) electrons. The van der Waals surface area contributed by atoms with Crippen LogP contribution in [0.15, 0.2) is 127 Å². The SMILES string of the molecule is CC(C)c1cccc(CCN(C)CCc2cccc(-c3ccccc3)c2O)c1O.[CH2-]c1ccccc1.[CH2-]c1ccccc1.[Hf]. The maximum atomic E-state index is 10.7. The van der Waals surface area contributed by atoms with Crippen LogP contribution in [0.1, 0.15) is 47.6 Å². The molecule has 0 saturated carbocycles. The molecule has 2 N–H and O–H groups in total. The summed E-state index contributed by atoms with van der Waals surface area (Å²) in [6.07, 6.45) is 1.58. The molecule has 4 heteroatoms. The van der Waals surface area contributed by atoms with Crippen LogP contribution in [0.4, 0.5) is 0 Å². The van der Waals surface area contributed by atoms with Crippen LogP contribution in [0.2, 0.25) is 0 Å². The van der Waals surface area contributed by atoms with Crippen LogP contribution in [-0.2, 0) is 38.7 Å². The number of para-hydroxylation sites is 2. The first-order valence-electron chi connectivity index (χ1n) is 14.9. The number of nitrogens with zero attached hydrogens (tertiary/aromatic N) is 1. The fourth-order valence-corrected chi connectivity index (χ4v) is 4.61. The van der Waals surface area contributed by atoms with E-state index in [2.05, 4.69) is 39.6 Å². The topological polar surface area (TPSA) is 43.7 Å². The third-order valence-corrected chi connectivity index (χ3v) is 7.19. The van der Waals surface area contributed by atoms with Crippen LogP contribution in [0.5, 0.6) is 11.5 Å². The fraction of sp³-hybridized carbons (Fsp3) is 0.200. The Balaban J connectivity index is 0.000000367. The molecule has 3 nitrogen and oxygen atoms in total. The van der Waals surface area contributed by atoms with E-state index in [0.29, 0.717) is 17.4 Å². The van der Waals surface area contributed by atoms with Gasteiger partial charge in [0.1, 0.15) is 11.5 Å². The summed E-state index contributed by atoms with van der Waals surface area (Å²) in [5, 5.41) is 21.2. The second-order valence-electron chi connectivity index (χ2n) is 11.0. The molecule has 0 aliphatic carbocycles. The van der Waals surface area contributed by atoms with Crippen molar-refractivity contribution in [3.63, 3.8) is 0 Å². The van der Waals surface area contributed by atoms with E-state index in [1.54, 1.807) is 0 Å². The molecule has 0 amide bonds. The Morgan fingerprint density at radius 2 is 1.00 bits per heavy atom. The van der Waals surface area contributed by atoms with Gasteiger partial charge in [-0.1, -0.05) is 92.7 Å². The number of phenols is 2. The Morgan fingerprint density at radius 1 is 0.568 bits per heavy atom. The molecule has 0 aliphatic heterocycles. The van der Waals surface area contributed by atoms with Gasteiger partial charge in [-0.15, -0.1) is 24.3 Å². The van der Waals surface area contributed by atoms with Crippen molar-refractivity contribution in [3.05, 3.63) is 169 Å². The molecule has 5 aromatic rings. The molecule has 0 heterocycles. The van der Waals surface area contributed by atoms with Gasteiger partial charge in [-0.2, -0.15) is 49.2 Å². The summed E-state index contributed by atoms with van der Waals surface area (Å²) >= 11 is 0. The third-order valence-electron chi connectivity index (χ3n) is 7.19. The molecule has 44 heavy (non-hydrogen) atoms. The van der Waals surface area contributed by atoms with Crippen molar-refractivity contribution in [2.45, 2.75) is 32.6 Å². The molecular weight excluding hydrogens is 705 g/mol. The standard InChI is InChI=1S/C26H31NO2.2C7H7.Hf/c1-19(2)23-13-7-11-21(25(23)28)15-17-27(3)18-16-22-12-8-14-24(26(22)29)20-9-5-4-6-10-20;2*1-7-5-3-2-4-6-7;/h4-14,19,28-29H,15-18H2,1-3H3;2*2-6H,1H2;/q;2*-1;. The van der Waals surface area contributed by atoms with E-state index >= 15 is 0 Å². The molecule has 0 aromatic heterocycles. The number of rotatable bonds is 8. The van der Waals surface area contributed by atoms with E-state index in [1.165, 1.54) is 0 Å². The van der Waals surface area contributed by atoms with E-state index in [-0.39, 0.29) is 25.8 Å². The van der Waals surface area contributed by atoms with Crippen molar-refractivity contribution in [2.75, 3.05) is 20.1 Å². The van der Waals surface area contributed by atoms with Crippen molar-refractivity contribution in [3.8, 4) is 22.6 Å². The normalized spacial score (nSPS) is 10.2. The molecule has 0 unspecified atom stereocenters. The Bertz CT molecular complexity index is 1450. The van der Waals surface area contributed by atoms with Gasteiger partial charge in [0.25, 0.3) is 0 Å². The van der Waals surface area contributed by atoms with E-state index in [9.17, 15) is 10.2 Å². The zero-order chi connectivity index (χ0) is 31.0. The summed E-state index contributed by atoms with van der Waals surface area (Å²) in [4.78, 5) is 2.25. The van der Waals surface area contributed by atoms with Gasteiger partial charge in [-0.3, -0.25) is 0 Å². The number of hydrogen-bond donors (Lipinski definition) is 2. The predicted molar refractivity (Wildman–Crippen MR) is 182 cm³/mol. The van der Waals surface area contributed by atoms with E-state index in [1.807, 2.05) is 127 Å². The summed E-state index contributed by atoms with van der Waals surface area (Å²) in [5.74, 6) is 1.12. The Kier molecular flexibility index (Phi) is 16.2. The Morgan fingerprint density at radius 3 is 1.43 bits per heavy atom. The van der Waals surface area contributed by atoms with Crippen LogP contribution < -0.4 is 0 Å². The number of aromatic hydroxyl groups is 2. The van der Waals surface area contributed by atoms with Gasteiger partial charge < -0.3 is 15.1 Å². The average Bonchev–Trinajstić information content (AvgIpc) is 3.02. The van der Waals surface area contributed by atoms with Crippen molar-refractivity contribution >= 4 is 0 Å². The van der Waals surface area contributed by atoms with Gasteiger partial charge in [0.15, 0.2) is 0 Å². The van der Waals surface area contributed by atoms with Crippen molar-refractivity contribution in [1.29, 1.82) is 0 Å². The molecule has 0 saturated heterocycles. The van der Waals surface area contributed by atoms with Crippen molar-refractivity contribution in [1.82, 2.24) is 4.90 Å². The molecule has 0 aliphatic rings. The number of phenolic OH excluding ortho intramolecular Hbond substituents is 2. The molecule has 0 fully saturated rings. The zero-order valence-electron chi connectivity index (χ0n) is 26.3. The van der Waals surface area contributed by atoms with Crippen molar-refractivity contribution in [2.24, 2.45) is 0 Å². The number of benzene rings is 5. The second-order valence-corrected chi connectivity index (χ2v) is 11.0. The minimum atomic E-state index is 0. The van der Waals surface area contributed by atoms with Gasteiger partial charge in [-0.05, 0) is 48.1 Å². The first-order chi connectivity index (χ1) is 20.8. The molecule has 5 aromatic carbocycles. The zero-order valence-corrected chi connectivity index (χ0v) is 29.9. The smallest absolute Gasteiger partial charge is 0.126 e. The first-order valence-corrected chi connectivity index (χ1v) is 14.9. The van der Waals surface area contributed by atoms with Gasteiger partial charge in [0.05, 0.1) is 0 Å². The van der Waals surface area contributed by atoms with Crippen LogP contribution in [0, 0.1) is 13.8 Å². The fourth-order valence-electron chi connectivity index (χ4n) is 4.61. The monoisotopic (exact) mass is 751 g/mol. The molecule has 228 valence electrons. The summed E-state index contributed by atoms with van der Waals surface area (Å²) in [5.41, 5.74) is 7.01. The van der Waals surface area contributed by atoms with Crippen LogP contribution >= 0.6 is 0 Å². The van der Waals surface area contributed by atoms with Gasteiger partial charge in [0, 0.05) is 44.5 Å². The van der Waals surface area contributed by atoms with E-state index < -0.39 is 0 Å². The summed E-state index contributed by atoms with van der Waals surface area (Å²) in [7, 11) is 2.08. The van der Waals surface area contributed by atoms with Gasteiger partial charge in [0.2, 0.25) is 0 Å². The summed E-state index contributed by atoms with van der Waals surface area (Å²) in [6, 6.07) is 41.7. The minimum Gasteiger partial charge on any atom is -0.507 e. The quantitative estimate of drug-likeness (QED) is 0.123. The molecular formula is C40H45HfNO2-2. The molecule has 0 spiro atoms.